The van der Waals surface area contributed by atoms with Crippen LogP contribution in [0.25, 0.3) is 22.4 Å². The van der Waals surface area contributed by atoms with Gasteiger partial charge in [-0.25, -0.2) is 4.79 Å². The Bertz CT molecular complexity index is 912. The van der Waals surface area contributed by atoms with Crippen molar-refractivity contribution in [2.75, 3.05) is 0 Å². The summed E-state index contributed by atoms with van der Waals surface area (Å²) in [4.78, 5) is 15.7. The minimum Gasteiger partial charge on any atom is -0.478 e. The number of aromatic nitrogens is 1. The Balaban J connectivity index is 2.24. The highest BCUT2D eigenvalue weighted by atomic mass is 16.4. The first-order valence-corrected chi connectivity index (χ1v) is 6.98. The predicted molar refractivity (Wildman–Crippen MR) is 86.8 cm³/mol. The molecule has 110 valence electrons. The molecule has 4 heteroatoms. The summed E-state index contributed by atoms with van der Waals surface area (Å²) in [5.41, 5.74) is 3.44. The summed E-state index contributed by atoms with van der Waals surface area (Å²) in [5, 5.41) is 18.6. The van der Waals surface area contributed by atoms with Gasteiger partial charge in [0.15, 0.2) is 0 Å². The van der Waals surface area contributed by atoms with Gasteiger partial charge in [0.05, 0.1) is 22.9 Å². The summed E-state index contributed by atoms with van der Waals surface area (Å²) in [6, 6.07) is 19.7. The zero-order valence-corrected chi connectivity index (χ0v) is 12.1. The highest BCUT2D eigenvalue weighted by Crippen LogP contribution is 2.29. The van der Waals surface area contributed by atoms with Crippen molar-refractivity contribution in [3.05, 3.63) is 78.0 Å². The normalized spacial score (nSPS) is 10.0. The van der Waals surface area contributed by atoms with E-state index in [4.69, 9.17) is 0 Å². The molecule has 4 nitrogen and oxygen atoms in total. The lowest BCUT2D eigenvalue weighted by Gasteiger charge is -2.09. The van der Waals surface area contributed by atoms with Crippen LogP contribution in [0.3, 0.4) is 0 Å². The second-order valence-corrected chi connectivity index (χ2v) is 4.98. The molecule has 0 amide bonds. The van der Waals surface area contributed by atoms with Crippen LogP contribution in [0, 0.1) is 11.3 Å². The molecule has 0 aliphatic carbocycles. The Morgan fingerprint density at radius 1 is 1.00 bits per heavy atom. The van der Waals surface area contributed by atoms with E-state index in [2.05, 4.69) is 11.1 Å². The third kappa shape index (κ3) is 2.94. The van der Waals surface area contributed by atoms with Crippen LogP contribution < -0.4 is 0 Å². The minimum atomic E-state index is -1.02. The largest absolute Gasteiger partial charge is 0.478 e. The summed E-state index contributed by atoms with van der Waals surface area (Å²) in [5.74, 6) is -1.02. The van der Waals surface area contributed by atoms with Gasteiger partial charge in [0.2, 0.25) is 0 Å². The van der Waals surface area contributed by atoms with Crippen molar-refractivity contribution in [2.24, 2.45) is 0 Å². The lowest BCUT2D eigenvalue weighted by atomic mass is 9.95. The van der Waals surface area contributed by atoms with Gasteiger partial charge in [0.1, 0.15) is 0 Å². The number of rotatable bonds is 3. The third-order valence-electron chi connectivity index (χ3n) is 3.50. The first-order chi connectivity index (χ1) is 11.2. The average molecular weight is 300 g/mol. The molecule has 0 saturated heterocycles. The fourth-order valence-corrected chi connectivity index (χ4v) is 2.42. The van der Waals surface area contributed by atoms with Crippen LogP contribution in [-0.2, 0) is 0 Å². The standard InChI is InChI=1S/C19H12N2O2/c20-12-13-5-1-2-6-17(13)14-9-15(11-16(10-14)19(22)23)18-7-3-4-8-21-18/h1-11H,(H,22,23). The molecule has 0 radical (unpaired) electrons. The van der Waals surface area contributed by atoms with Gasteiger partial charge in [-0.15, -0.1) is 0 Å². The molecule has 23 heavy (non-hydrogen) atoms. The second-order valence-electron chi connectivity index (χ2n) is 4.98. The zero-order valence-electron chi connectivity index (χ0n) is 12.1. The van der Waals surface area contributed by atoms with Gasteiger partial charge in [0.25, 0.3) is 0 Å². The number of nitrogens with zero attached hydrogens (tertiary/aromatic N) is 2. The van der Waals surface area contributed by atoms with E-state index in [1.54, 1.807) is 36.5 Å². The first-order valence-electron chi connectivity index (χ1n) is 6.98. The van der Waals surface area contributed by atoms with Gasteiger partial charge >= 0.3 is 5.97 Å². The van der Waals surface area contributed by atoms with Crippen LogP contribution in [0.4, 0.5) is 0 Å². The average Bonchev–Trinajstić information content (AvgIpc) is 2.62. The van der Waals surface area contributed by atoms with Crippen LogP contribution in [0.5, 0.6) is 0 Å². The number of aromatic carboxylic acids is 1. The molecule has 0 aliphatic rings. The molecular weight excluding hydrogens is 288 g/mol. The van der Waals surface area contributed by atoms with E-state index in [0.29, 0.717) is 27.9 Å². The van der Waals surface area contributed by atoms with Crippen molar-refractivity contribution in [2.45, 2.75) is 0 Å². The summed E-state index contributed by atoms with van der Waals surface area (Å²) in [6.45, 7) is 0. The van der Waals surface area contributed by atoms with Gasteiger partial charge in [-0.2, -0.15) is 5.26 Å². The molecular formula is C19H12N2O2. The quantitative estimate of drug-likeness (QED) is 0.793. The highest BCUT2D eigenvalue weighted by Gasteiger charge is 2.12. The van der Waals surface area contributed by atoms with E-state index in [-0.39, 0.29) is 5.56 Å². The SMILES string of the molecule is N#Cc1ccccc1-c1cc(C(=O)O)cc(-c2ccccn2)c1. The Kier molecular flexibility index (Phi) is 3.86. The van der Waals surface area contributed by atoms with Crippen molar-refractivity contribution >= 4 is 5.97 Å². The molecule has 1 heterocycles. The number of pyridine rings is 1. The van der Waals surface area contributed by atoms with Gasteiger partial charge in [0, 0.05) is 11.8 Å². The molecule has 0 fully saturated rings. The molecule has 3 rings (SSSR count). The number of carbonyl (C=O) groups is 1. The number of nitriles is 1. The Hall–Kier alpha value is -3.45. The number of hydrogen-bond donors (Lipinski definition) is 1. The van der Waals surface area contributed by atoms with Crippen LogP contribution in [0.2, 0.25) is 0 Å². The van der Waals surface area contributed by atoms with Crippen LogP contribution in [0.1, 0.15) is 15.9 Å². The lowest BCUT2D eigenvalue weighted by Crippen LogP contribution is -1.98. The maximum absolute atomic E-state index is 11.4. The van der Waals surface area contributed by atoms with Gasteiger partial charge in [-0.05, 0) is 47.5 Å². The number of hydrogen-bond acceptors (Lipinski definition) is 3. The number of carboxylic acids is 1. The first kappa shape index (κ1) is 14.5. The molecule has 0 bridgehead atoms. The third-order valence-corrected chi connectivity index (χ3v) is 3.50. The smallest absolute Gasteiger partial charge is 0.335 e. The topological polar surface area (TPSA) is 74.0 Å². The van der Waals surface area contributed by atoms with Gasteiger partial charge in [-0.1, -0.05) is 24.3 Å². The van der Waals surface area contributed by atoms with Crippen LogP contribution >= 0.6 is 0 Å². The number of benzene rings is 2. The van der Waals surface area contributed by atoms with E-state index in [9.17, 15) is 15.2 Å². The number of carboxylic acid groups (broad SMARTS) is 1. The summed E-state index contributed by atoms with van der Waals surface area (Å²) in [6.07, 6.45) is 1.66. The fourth-order valence-electron chi connectivity index (χ4n) is 2.42. The fraction of sp³-hybridized carbons (Fsp3) is 0. The summed E-state index contributed by atoms with van der Waals surface area (Å²) in [7, 11) is 0. The van der Waals surface area contributed by atoms with Crippen molar-refractivity contribution in [3.8, 4) is 28.5 Å². The summed E-state index contributed by atoms with van der Waals surface area (Å²) < 4.78 is 0. The molecule has 3 aromatic rings. The van der Waals surface area contributed by atoms with E-state index >= 15 is 0 Å². The van der Waals surface area contributed by atoms with Gasteiger partial charge < -0.3 is 5.11 Å². The molecule has 2 aromatic carbocycles. The zero-order chi connectivity index (χ0) is 16.2. The van der Waals surface area contributed by atoms with Crippen molar-refractivity contribution in [1.29, 1.82) is 5.26 Å². The Morgan fingerprint density at radius 2 is 1.74 bits per heavy atom. The van der Waals surface area contributed by atoms with E-state index < -0.39 is 5.97 Å². The van der Waals surface area contributed by atoms with E-state index in [0.717, 1.165) is 0 Å². The predicted octanol–water partition coefficient (Wildman–Crippen LogP) is 3.99. The molecule has 0 spiro atoms. The van der Waals surface area contributed by atoms with Crippen LogP contribution in [0.15, 0.2) is 66.9 Å². The minimum absolute atomic E-state index is 0.163. The van der Waals surface area contributed by atoms with Crippen molar-refractivity contribution < 1.29 is 9.90 Å². The molecule has 0 atom stereocenters. The lowest BCUT2D eigenvalue weighted by molar-refractivity contribution is 0.0697. The monoisotopic (exact) mass is 300 g/mol. The molecule has 0 saturated carbocycles. The maximum Gasteiger partial charge on any atom is 0.335 e. The second kappa shape index (κ2) is 6.12. The van der Waals surface area contributed by atoms with Crippen molar-refractivity contribution in [1.82, 2.24) is 4.98 Å². The highest BCUT2D eigenvalue weighted by molar-refractivity contribution is 5.92. The van der Waals surface area contributed by atoms with Crippen molar-refractivity contribution in [3.63, 3.8) is 0 Å². The Morgan fingerprint density at radius 3 is 2.43 bits per heavy atom. The molecule has 0 unspecified atom stereocenters. The summed E-state index contributed by atoms with van der Waals surface area (Å²) >= 11 is 0. The maximum atomic E-state index is 11.4. The molecule has 1 N–H and O–H groups in total. The Labute approximate surface area is 133 Å². The van der Waals surface area contributed by atoms with Gasteiger partial charge in [-0.3, -0.25) is 4.98 Å². The van der Waals surface area contributed by atoms with Crippen LogP contribution in [-0.4, -0.2) is 16.1 Å². The molecule has 0 aliphatic heterocycles. The van der Waals surface area contributed by atoms with E-state index in [1.807, 2.05) is 30.3 Å². The van der Waals surface area contributed by atoms with E-state index in [1.165, 1.54) is 0 Å². The molecule has 1 aromatic heterocycles.